The molecule has 2 N–H and O–H groups in total. The molecule has 1 aliphatic heterocycles. The third-order valence-electron chi connectivity index (χ3n) is 4.43. The van der Waals surface area contributed by atoms with E-state index in [1.54, 1.807) is 0 Å². The summed E-state index contributed by atoms with van der Waals surface area (Å²) in [7, 11) is 0. The van der Waals surface area contributed by atoms with Crippen molar-refractivity contribution in [3.63, 3.8) is 0 Å². The molecule has 3 nitrogen and oxygen atoms in total. The van der Waals surface area contributed by atoms with E-state index in [9.17, 15) is 4.79 Å². The van der Waals surface area contributed by atoms with Crippen molar-refractivity contribution in [2.45, 2.75) is 38.2 Å². The molecule has 3 rings (SSSR count). The van der Waals surface area contributed by atoms with Crippen LogP contribution in [0, 0.1) is 6.92 Å². The first-order chi connectivity index (χ1) is 11.6. The number of rotatable bonds is 6. The summed E-state index contributed by atoms with van der Waals surface area (Å²) in [5.74, 6) is 1.94. The van der Waals surface area contributed by atoms with E-state index in [0.717, 1.165) is 17.9 Å². The van der Waals surface area contributed by atoms with E-state index in [1.807, 2.05) is 28.8 Å². The summed E-state index contributed by atoms with van der Waals surface area (Å²) in [6.45, 7) is 3.48. The molecule has 0 bridgehead atoms. The molecule has 126 valence electrons. The maximum absolute atomic E-state index is 12.5. The lowest BCUT2D eigenvalue weighted by Gasteiger charge is -2.20. The van der Waals surface area contributed by atoms with Crippen molar-refractivity contribution < 1.29 is 4.79 Å². The summed E-state index contributed by atoms with van der Waals surface area (Å²) in [5.41, 5.74) is 11.2. The van der Waals surface area contributed by atoms with Crippen LogP contribution in [0.3, 0.4) is 0 Å². The van der Waals surface area contributed by atoms with Gasteiger partial charge in [0.05, 0.1) is 6.04 Å². The minimum Gasteiger partial charge on any atom is -0.333 e. The summed E-state index contributed by atoms with van der Waals surface area (Å²) in [6, 6.07) is 16.4. The fraction of sp³-hybridized carbons (Fsp3) is 0.350. The van der Waals surface area contributed by atoms with Gasteiger partial charge in [0.15, 0.2) is 0 Å². The number of nitrogens with zero attached hydrogens (tertiary/aromatic N) is 1. The van der Waals surface area contributed by atoms with Crippen molar-refractivity contribution in [1.82, 2.24) is 4.90 Å². The van der Waals surface area contributed by atoms with E-state index in [1.165, 1.54) is 22.3 Å². The molecule has 1 unspecified atom stereocenters. The van der Waals surface area contributed by atoms with Gasteiger partial charge in [-0.3, -0.25) is 4.79 Å². The van der Waals surface area contributed by atoms with E-state index in [0.29, 0.717) is 13.1 Å². The molecule has 1 amide bonds. The highest BCUT2D eigenvalue weighted by Crippen LogP contribution is 2.23. The summed E-state index contributed by atoms with van der Waals surface area (Å²) < 4.78 is 0. The zero-order valence-electron chi connectivity index (χ0n) is 14.1. The van der Waals surface area contributed by atoms with Crippen LogP contribution < -0.4 is 5.73 Å². The first-order valence-electron chi connectivity index (χ1n) is 8.38. The van der Waals surface area contributed by atoms with Gasteiger partial charge in [0.1, 0.15) is 0 Å². The van der Waals surface area contributed by atoms with E-state index in [2.05, 4.69) is 43.3 Å². The Labute approximate surface area is 148 Å². The fourth-order valence-electron chi connectivity index (χ4n) is 2.93. The lowest BCUT2D eigenvalue weighted by Crippen LogP contribution is -2.41. The molecular weight excluding hydrogens is 316 g/mol. The Bertz CT molecular complexity index is 674. The van der Waals surface area contributed by atoms with Gasteiger partial charge in [0, 0.05) is 18.8 Å². The van der Waals surface area contributed by atoms with Crippen molar-refractivity contribution in [1.29, 1.82) is 0 Å². The average molecular weight is 340 g/mol. The number of fused-ring (bicyclic) bond motifs is 1. The maximum atomic E-state index is 12.5. The molecule has 0 radical (unpaired) electrons. The number of thioether (sulfide) groups is 1. The molecule has 24 heavy (non-hydrogen) atoms. The number of carbonyl (C=O) groups excluding carboxylic acids is 1. The molecule has 0 saturated carbocycles. The number of nitrogens with two attached hydrogens (primary N) is 1. The van der Waals surface area contributed by atoms with E-state index in [-0.39, 0.29) is 5.91 Å². The van der Waals surface area contributed by atoms with Gasteiger partial charge in [-0.05, 0) is 35.8 Å². The van der Waals surface area contributed by atoms with E-state index < -0.39 is 6.04 Å². The zero-order chi connectivity index (χ0) is 16.9. The second kappa shape index (κ2) is 7.86. The number of hydrogen-bond acceptors (Lipinski definition) is 3. The molecule has 2 aromatic carbocycles. The molecule has 4 heteroatoms. The van der Waals surface area contributed by atoms with Crippen molar-refractivity contribution in [3.8, 4) is 0 Å². The Hall–Kier alpha value is -1.78. The topological polar surface area (TPSA) is 46.3 Å². The van der Waals surface area contributed by atoms with Crippen LogP contribution in [0.4, 0.5) is 0 Å². The summed E-state index contributed by atoms with van der Waals surface area (Å²) in [6.07, 6.45) is 0.724. The number of hydrogen-bond donors (Lipinski definition) is 1. The van der Waals surface area contributed by atoms with Gasteiger partial charge in [0.25, 0.3) is 0 Å². The number of amides is 1. The third kappa shape index (κ3) is 4.19. The maximum Gasteiger partial charge on any atom is 0.240 e. The van der Waals surface area contributed by atoms with Gasteiger partial charge in [0.2, 0.25) is 5.91 Å². The molecule has 1 atom stereocenters. The number of aryl methyl sites for hydroxylation is 1. The minimum atomic E-state index is -0.398. The van der Waals surface area contributed by atoms with Crippen molar-refractivity contribution >= 4 is 17.7 Å². The van der Waals surface area contributed by atoms with Gasteiger partial charge < -0.3 is 10.6 Å². The van der Waals surface area contributed by atoms with Gasteiger partial charge in [-0.15, -0.1) is 0 Å². The number of benzene rings is 2. The summed E-state index contributed by atoms with van der Waals surface area (Å²) in [4.78, 5) is 14.4. The van der Waals surface area contributed by atoms with Gasteiger partial charge in [-0.2, -0.15) is 11.8 Å². The predicted molar refractivity (Wildman–Crippen MR) is 101 cm³/mol. The highest BCUT2D eigenvalue weighted by molar-refractivity contribution is 7.98. The Morgan fingerprint density at radius 3 is 2.38 bits per heavy atom. The molecule has 1 aliphatic rings. The molecule has 2 aromatic rings. The van der Waals surface area contributed by atoms with Crippen molar-refractivity contribution in [2.24, 2.45) is 5.73 Å². The summed E-state index contributed by atoms with van der Waals surface area (Å²) in [5, 5.41) is 0. The smallest absolute Gasteiger partial charge is 0.240 e. The second-order valence-electron chi connectivity index (χ2n) is 6.40. The molecular formula is C20H24N2OS. The first kappa shape index (κ1) is 17.1. The van der Waals surface area contributed by atoms with Crippen LogP contribution in [0.15, 0.2) is 48.5 Å². The Morgan fingerprint density at radius 2 is 1.75 bits per heavy atom. The van der Waals surface area contributed by atoms with Crippen LogP contribution in [-0.4, -0.2) is 22.6 Å². The quantitative estimate of drug-likeness (QED) is 0.819. The summed E-state index contributed by atoms with van der Waals surface area (Å²) >= 11 is 1.84. The lowest BCUT2D eigenvalue weighted by molar-refractivity contribution is -0.133. The predicted octanol–water partition coefficient (Wildman–Crippen LogP) is 3.49. The number of carbonyl (C=O) groups is 1. The molecule has 0 fully saturated rings. The molecule has 0 aliphatic carbocycles. The van der Waals surface area contributed by atoms with Crippen molar-refractivity contribution in [2.75, 3.05) is 5.75 Å². The standard InChI is InChI=1S/C20H24N2OS/c1-15-6-8-16(9-7-15)14-24-11-10-19(21)20(23)22-12-17-4-2-3-5-18(17)13-22/h2-9,19H,10-14,21H2,1H3. The van der Waals surface area contributed by atoms with Crippen LogP contribution in [0.2, 0.25) is 0 Å². The van der Waals surface area contributed by atoms with Gasteiger partial charge in [-0.25, -0.2) is 0 Å². The molecule has 1 heterocycles. The highest BCUT2D eigenvalue weighted by Gasteiger charge is 2.26. The van der Waals surface area contributed by atoms with Crippen LogP contribution in [0.1, 0.15) is 28.7 Å². The van der Waals surface area contributed by atoms with E-state index in [4.69, 9.17) is 5.73 Å². The molecule has 0 aromatic heterocycles. The molecule has 0 saturated heterocycles. The first-order valence-corrected chi connectivity index (χ1v) is 9.53. The van der Waals surface area contributed by atoms with Gasteiger partial charge >= 0.3 is 0 Å². The van der Waals surface area contributed by atoms with Crippen LogP contribution in [0.5, 0.6) is 0 Å². The Kier molecular flexibility index (Phi) is 5.59. The Morgan fingerprint density at radius 1 is 1.12 bits per heavy atom. The van der Waals surface area contributed by atoms with Crippen LogP contribution in [-0.2, 0) is 23.6 Å². The normalized spacial score (nSPS) is 14.5. The fourth-order valence-corrected chi connectivity index (χ4v) is 3.92. The third-order valence-corrected chi connectivity index (χ3v) is 5.49. The minimum absolute atomic E-state index is 0.0714. The Balaban J connectivity index is 1.41. The van der Waals surface area contributed by atoms with Crippen molar-refractivity contribution in [3.05, 3.63) is 70.8 Å². The monoisotopic (exact) mass is 340 g/mol. The molecule has 0 spiro atoms. The van der Waals surface area contributed by atoms with Crippen LogP contribution in [0.25, 0.3) is 0 Å². The zero-order valence-corrected chi connectivity index (χ0v) is 14.9. The van der Waals surface area contributed by atoms with Gasteiger partial charge in [-0.1, -0.05) is 54.1 Å². The largest absolute Gasteiger partial charge is 0.333 e. The SMILES string of the molecule is Cc1ccc(CSCCC(N)C(=O)N2Cc3ccccc3C2)cc1. The second-order valence-corrected chi connectivity index (χ2v) is 7.50. The lowest BCUT2D eigenvalue weighted by atomic mass is 10.1. The van der Waals surface area contributed by atoms with Crippen LogP contribution >= 0.6 is 11.8 Å². The van der Waals surface area contributed by atoms with E-state index >= 15 is 0 Å². The average Bonchev–Trinajstić information content (AvgIpc) is 3.03. The highest BCUT2D eigenvalue weighted by atomic mass is 32.2.